The standard InChI is InChI=1S/C67H41NO/c1-2-17-42(18-3-1)43-33-35-44(36-34-43)68(45-37-38-49-48-21-8-13-30-59(48)67(60(49)41-45)57-28-11-6-19-46(57)47-20-7-12-29-58(47)67)61-31-14-9-22-50(61)51-26-16-27-53-55-39-40-63-66(56-25-10-15-32-62(56)69-63)65(55)54-24-5-4-23-52(54)64(51)53/h1-41H. The molecule has 1 aromatic heterocycles. The Labute approximate surface area is 399 Å². The average molecular weight is 876 g/mol. The average Bonchev–Trinajstić information content (AvgIpc) is 4.06. The highest BCUT2D eigenvalue weighted by Crippen LogP contribution is 2.63. The number of furan rings is 1. The highest BCUT2D eigenvalue weighted by Gasteiger charge is 2.51. The van der Waals surface area contributed by atoms with Gasteiger partial charge >= 0.3 is 0 Å². The first-order chi connectivity index (χ1) is 34.3. The Morgan fingerprint density at radius 3 is 1.46 bits per heavy atom. The predicted octanol–water partition coefficient (Wildman–Crippen LogP) is 18.2. The maximum absolute atomic E-state index is 6.48. The molecule has 0 saturated carbocycles. The van der Waals surface area contributed by atoms with Crippen LogP contribution in [-0.2, 0) is 5.41 Å². The van der Waals surface area contributed by atoms with E-state index >= 15 is 0 Å². The van der Waals surface area contributed by atoms with Crippen molar-refractivity contribution >= 4 is 71.3 Å². The second-order valence-electron chi connectivity index (χ2n) is 18.6. The molecule has 2 aliphatic carbocycles. The van der Waals surface area contributed by atoms with Crippen molar-refractivity contribution in [3.63, 3.8) is 0 Å². The van der Waals surface area contributed by atoms with E-state index in [-0.39, 0.29) is 0 Å². The Morgan fingerprint density at radius 2 is 0.768 bits per heavy atom. The molecule has 0 radical (unpaired) electrons. The molecule has 0 fully saturated rings. The predicted molar refractivity (Wildman–Crippen MR) is 288 cm³/mol. The Balaban J connectivity index is 1.00. The fourth-order valence-corrected chi connectivity index (χ4v) is 12.5. The first kappa shape index (κ1) is 38.2. The fraction of sp³-hybridized carbons (Fsp3) is 0.0149. The van der Waals surface area contributed by atoms with E-state index in [2.05, 4.69) is 254 Å². The molecule has 69 heavy (non-hydrogen) atoms. The highest BCUT2D eigenvalue weighted by molar-refractivity contribution is 6.36. The third-order valence-electron chi connectivity index (χ3n) is 15.3. The van der Waals surface area contributed by atoms with Gasteiger partial charge in [0.25, 0.3) is 0 Å². The molecule has 2 heteroatoms. The molecule has 1 spiro atoms. The first-order valence-electron chi connectivity index (χ1n) is 23.9. The van der Waals surface area contributed by atoms with E-state index in [0.29, 0.717) is 0 Å². The summed E-state index contributed by atoms with van der Waals surface area (Å²) in [5.41, 5.74) is 19.9. The van der Waals surface area contributed by atoms with Crippen LogP contribution in [0.15, 0.2) is 253 Å². The van der Waals surface area contributed by atoms with Crippen LogP contribution in [0.5, 0.6) is 0 Å². The number of hydrogen-bond donors (Lipinski definition) is 0. The summed E-state index contributed by atoms with van der Waals surface area (Å²) < 4.78 is 6.48. The molecule has 0 saturated heterocycles. The van der Waals surface area contributed by atoms with Gasteiger partial charge in [-0.15, -0.1) is 0 Å². The van der Waals surface area contributed by atoms with E-state index in [1.54, 1.807) is 0 Å². The van der Waals surface area contributed by atoms with Gasteiger partial charge < -0.3 is 9.32 Å². The minimum absolute atomic E-state index is 0.473. The van der Waals surface area contributed by atoms with Crippen molar-refractivity contribution < 1.29 is 4.42 Å². The van der Waals surface area contributed by atoms with Crippen molar-refractivity contribution in [1.29, 1.82) is 0 Å². The van der Waals surface area contributed by atoms with Gasteiger partial charge in [-0.3, -0.25) is 0 Å². The number of nitrogens with zero attached hydrogens (tertiary/aromatic N) is 1. The summed E-state index contributed by atoms with van der Waals surface area (Å²) in [6.45, 7) is 0. The third kappa shape index (κ3) is 5.26. The minimum Gasteiger partial charge on any atom is -0.456 e. The Hall–Kier alpha value is -8.98. The smallest absolute Gasteiger partial charge is 0.136 e. The molecule has 2 nitrogen and oxygen atoms in total. The van der Waals surface area contributed by atoms with Crippen LogP contribution in [0.3, 0.4) is 0 Å². The van der Waals surface area contributed by atoms with Gasteiger partial charge in [-0.05, 0) is 137 Å². The maximum Gasteiger partial charge on any atom is 0.136 e. The summed E-state index contributed by atoms with van der Waals surface area (Å²) in [5, 5.41) is 9.65. The first-order valence-corrected chi connectivity index (χ1v) is 23.9. The molecule has 2 aliphatic rings. The molecule has 13 aromatic rings. The van der Waals surface area contributed by atoms with E-state index < -0.39 is 5.41 Å². The number of para-hydroxylation sites is 2. The van der Waals surface area contributed by atoms with Crippen LogP contribution >= 0.6 is 0 Å². The van der Waals surface area contributed by atoms with Crippen molar-refractivity contribution in [2.45, 2.75) is 5.41 Å². The number of fused-ring (bicyclic) bond motifs is 20. The van der Waals surface area contributed by atoms with Gasteiger partial charge in [-0.1, -0.05) is 200 Å². The van der Waals surface area contributed by atoms with Crippen molar-refractivity contribution in [1.82, 2.24) is 0 Å². The number of hydrogen-bond acceptors (Lipinski definition) is 2. The van der Waals surface area contributed by atoms with E-state index in [9.17, 15) is 0 Å². The molecule has 0 unspecified atom stereocenters. The van der Waals surface area contributed by atoms with Gasteiger partial charge in [0.2, 0.25) is 0 Å². The van der Waals surface area contributed by atoms with Gasteiger partial charge in [0.05, 0.1) is 11.1 Å². The molecular formula is C67H41NO. The van der Waals surface area contributed by atoms with Crippen molar-refractivity contribution in [3.05, 3.63) is 271 Å². The van der Waals surface area contributed by atoms with Gasteiger partial charge in [-0.2, -0.15) is 0 Å². The van der Waals surface area contributed by atoms with Crippen molar-refractivity contribution in [3.8, 4) is 44.5 Å². The fourth-order valence-electron chi connectivity index (χ4n) is 12.5. The molecule has 15 rings (SSSR count). The topological polar surface area (TPSA) is 16.4 Å². The summed E-state index contributed by atoms with van der Waals surface area (Å²) in [6, 6.07) is 91.9. The minimum atomic E-state index is -0.473. The molecule has 12 aromatic carbocycles. The van der Waals surface area contributed by atoms with Crippen LogP contribution < -0.4 is 4.90 Å². The van der Waals surface area contributed by atoms with Crippen LogP contribution in [-0.4, -0.2) is 0 Å². The second-order valence-corrected chi connectivity index (χ2v) is 18.6. The van der Waals surface area contributed by atoms with Crippen LogP contribution in [0, 0.1) is 0 Å². The lowest BCUT2D eigenvalue weighted by Crippen LogP contribution is -2.26. The van der Waals surface area contributed by atoms with Crippen molar-refractivity contribution in [2.24, 2.45) is 0 Å². The zero-order valence-electron chi connectivity index (χ0n) is 37.5. The summed E-state index contributed by atoms with van der Waals surface area (Å²) in [6.07, 6.45) is 0. The number of rotatable bonds is 5. The Morgan fingerprint density at radius 1 is 0.275 bits per heavy atom. The molecule has 0 amide bonds. The van der Waals surface area contributed by atoms with Crippen molar-refractivity contribution in [2.75, 3.05) is 4.90 Å². The molecule has 0 aliphatic heterocycles. The third-order valence-corrected chi connectivity index (χ3v) is 15.3. The summed E-state index contributed by atoms with van der Waals surface area (Å²) in [7, 11) is 0. The van der Waals surface area contributed by atoms with E-state index in [1.165, 1.54) is 98.9 Å². The summed E-state index contributed by atoms with van der Waals surface area (Å²) in [4.78, 5) is 2.50. The normalized spacial score (nSPS) is 13.0. The number of benzene rings is 12. The quantitative estimate of drug-likeness (QED) is 0.160. The van der Waals surface area contributed by atoms with E-state index in [0.717, 1.165) is 39.2 Å². The van der Waals surface area contributed by atoms with Crippen LogP contribution in [0.2, 0.25) is 0 Å². The Kier molecular flexibility index (Phi) is 8.02. The monoisotopic (exact) mass is 875 g/mol. The lowest BCUT2D eigenvalue weighted by molar-refractivity contribution is 0.669. The molecule has 1 heterocycles. The van der Waals surface area contributed by atoms with Gasteiger partial charge in [0.1, 0.15) is 11.2 Å². The second kappa shape index (κ2) is 14.5. The zero-order valence-corrected chi connectivity index (χ0v) is 37.5. The van der Waals surface area contributed by atoms with Crippen LogP contribution in [0.25, 0.3) is 98.8 Å². The zero-order chi connectivity index (χ0) is 45.2. The van der Waals surface area contributed by atoms with Gasteiger partial charge in [0.15, 0.2) is 0 Å². The molecule has 320 valence electrons. The molecule has 0 bridgehead atoms. The molecule has 0 N–H and O–H groups in total. The SMILES string of the molecule is c1ccc(-c2ccc(N(c3ccc4c(c3)C3(c5ccccc5-c5ccccc53)c3ccccc3-4)c3ccccc3-c3cccc4c5ccc6oc7ccccc7c6c5c5ccccc5c34)cc2)cc1. The largest absolute Gasteiger partial charge is 0.456 e. The van der Waals surface area contributed by atoms with E-state index in [1.807, 2.05) is 0 Å². The maximum atomic E-state index is 6.48. The summed E-state index contributed by atoms with van der Waals surface area (Å²) >= 11 is 0. The molecule has 0 atom stereocenters. The van der Waals surface area contributed by atoms with Crippen LogP contribution in [0.4, 0.5) is 17.1 Å². The lowest BCUT2D eigenvalue weighted by Gasteiger charge is -2.33. The van der Waals surface area contributed by atoms with Crippen LogP contribution in [0.1, 0.15) is 22.3 Å². The summed E-state index contributed by atoms with van der Waals surface area (Å²) in [5.74, 6) is 0. The Bertz CT molecular complexity index is 4160. The molecular weight excluding hydrogens is 835 g/mol. The highest BCUT2D eigenvalue weighted by atomic mass is 16.3. The van der Waals surface area contributed by atoms with E-state index in [4.69, 9.17) is 4.42 Å². The lowest BCUT2D eigenvalue weighted by atomic mass is 9.70. The van der Waals surface area contributed by atoms with Gasteiger partial charge in [-0.25, -0.2) is 0 Å². The van der Waals surface area contributed by atoms with Gasteiger partial charge in [0, 0.05) is 33.1 Å². The number of anilines is 3.